The molecular weight excluding hydrogens is 1040 g/mol. The second kappa shape index (κ2) is 50.8. The van der Waals surface area contributed by atoms with Crippen LogP contribution in [0.4, 0.5) is 0 Å². The number of allylic oxidation sites excluding steroid dienone is 4. The molecule has 474 valence electrons. The molecule has 2 rings (SSSR count). The molecule has 2 heterocycles. The van der Waals surface area contributed by atoms with E-state index in [-0.39, 0.29) is 25.9 Å². The molecule has 6 N–H and O–H groups in total. The first-order valence-electron chi connectivity index (χ1n) is 32.9. The van der Waals surface area contributed by atoms with Crippen LogP contribution in [-0.2, 0) is 47.5 Å². The van der Waals surface area contributed by atoms with Gasteiger partial charge in [-0.1, -0.05) is 231 Å². The van der Waals surface area contributed by atoms with E-state index < -0.39 is 105 Å². The van der Waals surface area contributed by atoms with Crippen LogP contribution < -0.4 is 0 Å². The highest BCUT2D eigenvalue weighted by Crippen LogP contribution is 2.28. The van der Waals surface area contributed by atoms with Crippen molar-refractivity contribution in [3.63, 3.8) is 0 Å². The van der Waals surface area contributed by atoms with Crippen molar-refractivity contribution in [2.75, 3.05) is 26.4 Å². The number of ether oxygens (including phenoxy) is 7. The number of rotatable bonds is 53. The number of esters is 3. The maximum absolute atomic E-state index is 13.2. The fraction of sp³-hybridized carbons (Fsp3) is 0.892. The Bertz CT molecular complexity index is 1560. The molecule has 2 aliphatic rings. The summed E-state index contributed by atoms with van der Waals surface area (Å²) in [6, 6.07) is 0. The summed E-state index contributed by atoms with van der Waals surface area (Å²) >= 11 is 0. The second-order valence-electron chi connectivity index (χ2n) is 23.1. The lowest BCUT2D eigenvalue weighted by molar-refractivity contribution is -0.333. The molecule has 0 radical (unpaired) electrons. The number of aliphatic hydroxyl groups excluding tert-OH is 6. The van der Waals surface area contributed by atoms with E-state index in [1.807, 2.05) is 0 Å². The van der Waals surface area contributed by atoms with Crippen LogP contribution in [0.15, 0.2) is 24.3 Å². The number of carbonyl (C=O) groups is 3. The topological polar surface area (TPSA) is 237 Å². The molecule has 0 aromatic rings. The predicted molar refractivity (Wildman–Crippen MR) is 317 cm³/mol. The van der Waals surface area contributed by atoms with Gasteiger partial charge in [0.25, 0.3) is 0 Å². The number of carbonyl (C=O) groups excluding carboxylic acids is 3. The van der Waals surface area contributed by atoms with Gasteiger partial charge >= 0.3 is 17.9 Å². The Labute approximate surface area is 490 Å². The molecular formula is C65H118O16. The van der Waals surface area contributed by atoms with E-state index in [1.54, 1.807) is 0 Å². The minimum Gasteiger partial charge on any atom is -0.462 e. The van der Waals surface area contributed by atoms with Crippen LogP contribution >= 0.6 is 0 Å². The van der Waals surface area contributed by atoms with Gasteiger partial charge in [0, 0.05) is 19.3 Å². The third kappa shape index (κ3) is 36.8. The maximum atomic E-state index is 13.2. The molecule has 2 saturated heterocycles. The highest BCUT2D eigenvalue weighted by atomic mass is 16.7. The Morgan fingerprint density at radius 2 is 0.827 bits per heavy atom. The van der Waals surface area contributed by atoms with Crippen molar-refractivity contribution < 1.29 is 78.2 Å². The van der Waals surface area contributed by atoms with Crippen LogP contribution in [0.25, 0.3) is 0 Å². The molecule has 0 aromatic carbocycles. The predicted octanol–water partition coefficient (Wildman–Crippen LogP) is 12.4. The molecule has 0 saturated carbocycles. The molecule has 2 fully saturated rings. The first-order chi connectivity index (χ1) is 39.5. The zero-order valence-electron chi connectivity index (χ0n) is 51.0. The zero-order valence-corrected chi connectivity index (χ0v) is 51.0. The van der Waals surface area contributed by atoms with Crippen LogP contribution in [0.5, 0.6) is 0 Å². The van der Waals surface area contributed by atoms with E-state index in [0.717, 1.165) is 89.9 Å². The molecule has 0 unspecified atom stereocenters. The average Bonchev–Trinajstić information content (AvgIpc) is 3.48. The summed E-state index contributed by atoms with van der Waals surface area (Å²) < 4.78 is 40.1. The maximum Gasteiger partial charge on any atom is 0.306 e. The van der Waals surface area contributed by atoms with Crippen LogP contribution in [0, 0.1) is 0 Å². The SMILES string of the molecule is CCCCC/C=C\C/C=C\CCCCCCCC(=O)OC[C@H](CO[C@H]1O[C@H](CO[C@H]2O[C@H](CO)[C@H](O)[C@H](OC(=O)CCCCCCCCCCCCCCC)[C@H]2O)[C@@H](O)[C@H](O)[C@H]1O)OC(=O)CCCCCCCCCCCCCCC. The van der Waals surface area contributed by atoms with Gasteiger partial charge in [-0.05, 0) is 51.4 Å². The second-order valence-corrected chi connectivity index (χ2v) is 23.1. The summed E-state index contributed by atoms with van der Waals surface area (Å²) in [5, 5.41) is 65.0. The molecule has 0 amide bonds. The molecule has 0 spiro atoms. The summed E-state index contributed by atoms with van der Waals surface area (Å²) in [6.07, 6.45) is 34.0. The Balaban J connectivity index is 1.90. The monoisotopic (exact) mass is 1150 g/mol. The number of aliphatic hydroxyl groups is 6. The number of hydrogen-bond donors (Lipinski definition) is 6. The van der Waals surface area contributed by atoms with Crippen LogP contribution in [0.1, 0.15) is 278 Å². The molecule has 81 heavy (non-hydrogen) atoms. The van der Waals surface area contributed by atoms with Crippen molar-refractivity contribution in [1.82, 2.24) is 0 Å². The standard InChI is InChI=1S/C65H118O16/c1-4-7-10-13-16-19-22-25-26-29-30-33-36-39-42-45-55(67)75-49-52(78-56(68)46-43-40-37-34-31-27-23-20-17-14-11-8-5-2)50-76-64-61(73)60(72)58(70)54(80-64)51-77-65-62(74)63(59(71)53(48-66)79-65)81-57(69)47-44-41-38-35-32-28-24-21-18-15-12-9-6-3/h16,19,25-26,52-54,58-66,70-74H,4-15,17-18,20-24,27-51H2,1-3H3/b19-16-,26-25-/t52-,53-,54-,58-,59+,60+,61-,62-,63+,64+,65+/m1/s1. The fourth-order valence-corrected chi connectivity index (χ4v) is 10.4. The van der Waals surface area contributed by atoms with Crippen molar-refractivity contribution in [2.45, 2.75) is 345 Å². The molecule has 11 atom stereocenters. The Kier molecular flexibility index (Phi) is 46.8. The highest BCUT2D eigenvalue weighted by Gasteiger charge is 2.49. The van der Waals surface area contributed by atoms with Gasteiger partial charge < -0.3 is 63.8 Å². The van der Waals surface area contributed by atoms with Crippen molar-refractivity contribution >= 4 is 17.9 Å². The van der Waals surface area contributed by atoms with Gasteiger partial charge in [-0.25, -0.2) is 0 Å². The summed E-state index contributed by atoms with van der Waals surface area (Å²) in [6.45, 7) is 4.72. The molecule has 16 heteroatoms. The van der Waals surface area contributed by atoms with E-state index in [4.69, 9.17) is 33.2 Å². The normalized spacial score (nSPS) is 23.6. The van der Waals surface area contributed by atoms with Gasteiger partial charge in [-0.15, -0.1) is 0 Å². The van der Waals surface area contributed by atoms with Gasteiger partial charge in [0.15, 0.2) is 24.8 Å². The van der Waals surface area contributed by atoms with Gasteiger partial charge in [-0.3, -0.25) is 14.4 Å². The van der Waals surface area contributed by atoms with Crippen molar-refractivity contribution in [1.29, 1.82) is 0 Å². The Hall–Kier alpha value is -2.51. The number of hydrogen-bond acceptors (Lipinski definition) is 16. The van der Waals surface area contributed by atoms with E-state index in [0.29, 0.717) is 19.3 Å². The van der Waals surface area contributed by atoms with E-state index in [2.05, 4.69) is 45.1 Å². The molecule has 0 aromatic heterocycles. The lowest BCUT2D eigenvalue weighted by Gasteiger charge is -2.43. The molecule has 16 nitrogen and oxygen atoms in total. The third-order valence-corrected chi connectivity index (χ3v) is 15.7. The van der Waals surface area contributed by atoms with E-state index in [1.165, 1.54) is 128 Å². The smallest absolute Gasteiger partial charge is 0.306 e. The van der Waals surface area contributed by atoms with Crippen LogP contribution in [0.2, 0.25) is 0 Å². The summed E-state index contributed by atoms with van der Waals surface area (Å²) in [5.74, 6) is -1.57. The average molecular weight is 1160 g/mol. The van der Waals surface area contributed by atoms with Gasteiger partial charge in [-0.2, -0.15) is 0 Å². The Morgan fingerprint density at radius 3 is 1.32 bits per heavy atom. The third-order valence-electron chi connectivity index (χ3n) is 15.7. The summed E-state index contributed by atoms with van der Waals surface area (Å²) in [5.41, 5.74) is 0. The highest BCUT2D eigenvalue weighted by molar-refractivity contribution is 5.70. The van der Waals surface area contributed by atoms with Gasteiger partial charge in [0.1, 0.15) is 49.3 Å². The minimum atomic E-state index is -1.79. The Morgan fingerprint density at radius 1 is 0.420 bits per heavy atom. The van der Waals surface area contributed by atoms with Gasteiger partial charge in [0.2, 0.25) is 0 Å². The van der Waals surface area contributed by atoms with E-state index >= 15 is 0 Å². The van der Waals surface area contributed by atoms with Gasteiger partial charge in [0.05, 0.1) is 19.8 Å². The zero-order chi connectivity index (χ0) is 59.0. The first kappa shape index (κ1) is 74.6. The van der Waals surface area contributed by atoms with Crippen LogP contribution in [-0.4, -0.2) is 142 Å². The lowest BCUT2D eigenvalue weighted by atomic mass is 9.98. The summed E-state index contributed by atoms with van der Waals surface area (Å²) in [4.78, 5) is 39.0. The van der Waals surface area contributed by atoms with Crippen molar-refractivity contribution in [2.24, 2.45) is 0 Å². The summed E-state index contributed by atoms with van der Waals surface area (Å²) in [7, 11) is 0. The minimum absolute atomic E-state index is 0.0757. The quantitative estimate of drug-likeness (QED) is 0.0144. The fourth-order valence-electron chi connectivity index (χ4n) is 10.4. The van der Waals surface area contributed by atoms with Crippen molar-refractivity contribution in [3.8, 4) is 0 Å². The van der Waals surface area contributed by atoms with Crippen LogP contribution in [0.3, 0.4) is 0 Å². The molecule has 2 aliphatic heterocycles. The van der Waals surface area contributed by atoms with E-state index in [9.17, 15) is 45.0 Å². The molecule has 0 aliphatic carbocycles. The lowest BCUT2D eigenvalue weighted by Crippen LogP contribution is -2.62. The number of unbranched alkanes of at least 4 members (excludes halogenated alkanes) is 32. The molecule has 0 bridgehead atoms. The largest absolute Gasteiger partial charge is 0.462 e. The first-order valence-corrected chi connectivity index (χ1v) is 32.9. The van der Waals surface area contributed by atoms with Crippen molar-refractivity contribution in [3.05, 3.63) is 24.3 Å².